The summed E-state index contributed by atoms with van der Waals surface area (Å²) < 4.78 is 20.3. The van der Waals surface area contributed by atoms with Crippen LogP contribution in [0.3, 0.4) is 0 Å². The van der Waals surface area contributed by atoms with Gasteiger partial charge in [-0.3, -0.25) is 4.79 Å². The molecule has 0 aliphatic carbocycles. The van der Waals surface area contributed by atoms with E-state index in [1.54, 1.807) is 18.4 Å². The summed E-state index contributed by atoms with van der Waals surface area (Å²) in [5.41, 5.74) is 4.12. The molecule has 0 aromatic carbocycles. The summed E-state index contributed by atoms with van der Waals surface area (Å²) in [4.78, 5) is 25.2. The highest BCUT2D eigenvalue weighted by Gasteiger charge is 2.47. The number of cyclic esters (lactones) is 1. The summed E-state index contributed by atoms with van der Waals surface area (Å²) in [6.45, 7) is 34.9. The summed E-state index contributed by atoms with van der Waals surface area (Å²) in [6, 6.07) is 0. The smallest absolute Gasteiger partial charge is 0.330 e. The van der Waals surface area contributed by atoms with Crippen LogP contribution in [-0.2, 0) is 23.2 Å². The molecule has 1 heterocycles. The molecule has 1 amide bonds. The Labute approximate surface area is 345 Å². The van der Waals surface area contributed by atoms with E-state index in [0.717, 1.165) is 29.6 Å². The van der Waals surface area contributed by atoms with Gasteiger partial charge in [-0.1, -0.05) is 128 Å². The van der Waals surface area contributed by atoms with Crippen molar-refractivity contribution in [1.82, 2.24) is 5.32 Å². The number of ether oxygens (including phenoxy) is 1. The Hall–Kier alpha value is -2.57. The Kier molecular flexibility index (Phi) is 22.4. The lowest BCUT2D eigenvalue weighted by atomic mass is 9.95. The lowest BCUT2D eigenvalue weighted by molar-refractivity contribution is -0.144. The highest BCUT2D eigenvalue weighted by molar-refractivity contribution is 6.77. The standard InChI is InChI=1S/C47H81NO6Si2/c1-34(2)31-45(50)48-30-29-39(10)32-40(11)44-33-38(9)23-19-17-21-25-42(49)43(54-56(35(3)4,36(5)6)37(7)8)28-27-41(53-55(15,16)47(12,13)14)24-20-18-22-26-46(51)52-44/h17,19,22-23,26-32,35-37,40-44,49H,18,20-21,24-25,33H2,1-16H3,(H,48,50)/t40-,41-,42-,43-,44-/m1/s1. The van der Waals surface area contributed by atoms with Gasteiger partial charge >= 0.3 is 5.97 Å². The lowest BCUT2D eigenvalue weighted by Gasteiger charge is -2.45. The van der Waals surface area contributed by atoms with E-state index in [1.807, 2.05) is 45.9 Å². The maximum Gasteiger partial charge on any atom is 0.330 e. The molecule has 0 aromatic rings. The molecule has 0 unspecified atom stereocenters. The van der Waals surface area contributed by atoms with Crippen molar-refractivity contribution in [2.24, 2.45) is 5.92 Å². The summed E-state index contributed by atoms with van der Waals surface area (Å²) in [6.07, 6.45) is 23.5. The number of aliphatic hydroxyl groups excluding tert-OH is 1. The molecule has 0 saturated carbocycles. The van der Waals surface area contributed by atoms with Gasteiger partial charge in [-0.2, -0.15) is 0 Å². The van der Waals surface area contributed by atoms with Crippen LogP contribution in [0.25, 0.3) is 0 Å². The molecule has 0 fully saturated rings. The van der Waals surface area contributed by atoms with E-state index in [9.17, 15) is 14.7 Å². The second kappa shape index (κ2) is 24.4. The third-order valence-corrected chi connectivity index (χ3v) is 21.9. The SMILES string of the molecule is CC(C)=CC(=O)NC=CC(C)=C[C@@H](C)[C@H]1CC(C)=CC=CCC[C@@H](O)[C@H](O[Si](C(C)C)(C(C)C)C(C)C)C=C[C@H](O[Si](C)(C)C(C)(C)C)CCCC=CC(=O)O1. The highest BCUT2D eigenvalue weighted by atomic mass is 28.4. The van der Waals surface area contributed by atoms with Crippen molar-refractivity contribution < 1.29 is 28.3 Å². The summed E-state index contributed by atoms with van der Waals surface area (Å²) >= 11 is 0. The molecule has 56 heavy (non-hydrogen) atoms. The Morgan fingerprint density at radius 2 is 1.57 bits per heavy atom. The fourth-order valence-electron chi connectivity index (χ4n) is 7.29. The zero-order valence-corrected chi connectivity index (χ0v) is 40.2. The molecule has 2 N–H and O–H groups in total. The fourth-order valence-corrected chi connectivity index (χ4v) is 14.1. The van der Waals surface area contributed by atoms with Crippen molar-refractivity contribution in [3.8, 4) is 0 Å². The van der Waals surface area contributed by atoms with Crippen LogP contribution in [0.4, 0.5) is 0 Å². The van der Waals surface area contributed by atoms with Gasteiger partial charge in [0.25, 0.3) is 0 Å². The van der Waals surface area contributed by atoms with Crippen molar-refractivity contribution >= 4 is 28.5 Å². The van der Waals surface area contributed by atoms with E-state index in [-0.39, 0.29) is 35.0 Å². The normalized spacial score (nSPS) is 22.7. The average Bonchev–Trinajstić information content (AvgIpc) is 3.05. The van der Waals surface area contributed by atoms with Gasteiger partial charge < -0.3 is 24.0 Å². The number of carbonyl (C=O) groups is 2. The van der Waals surface area contributed by atoms with Crippen LogP contribution < -0.4 is 5.32 Å². The lowest BCUT2D eigenvalue weighted by Crippen LogP contribution is -2.52. The zero-order chi connectivity index (χ0) is 42.9. The van der Waals surface area contributed by atoms with Crippen LogP contribution in [0.2, 0.25) is 34.8 Å². The van der Waals surface area contributed by atoms with E-state index in [4.69, 9.17) is 13.6 Å². The minimum atomic E-state index is -2.31. The average molecular weight is 812 g/mol. The fraction of sp³-hybridized carbons (Fsp3) is 0.660. The number of esters is 1. The molecule has 9 heteroatoms. The van der Waals surface area contributed by atoms with Crippen LogP contribution in [0.15, 0.2) is 83.7 Å². The van der Waals surface area contributed by atoms with Gasteiger partial charge in [0.1, 0.15) is 6.10 Å². The molecular formula is C47H81NO6Si2. The number of amides is 1. The van der Waals surface area contributed by atoms with Gasteiger partial charge in [0, 0.05) is 30.7 Å². The van der Waals surface area contributed by atoms with Crippen molar-refractivity contribution in [3.63, 3.8) is 0 Å². The zero-order valence-electron chi connectivity index (χ0n) is 38.2. The monoisotopic (exact) mass is 812 g/mol. The van der Waals surface area contributed by atoms with Crippen LogP contribution in [0.5, 0.6) is 0 Å². The molecule has 5 atom stereocenters. The number of aliphatic hydroxyl groups is 1. The summed E-state index contributed by atoms with van der Waals surface area (Å²) in [7, 11) is -4.44. The molecule has 1 aliphatic heterocycles. The van der Waals surface area contributed by atoms with E-state index in [0.29, 0.717) is 42.3 Å². The Morgan fingerprint density at radius 1 is 0.946 bits per heavy atom. The van der Waals surface area contributed by atoms with Gasteiger partial charge in [-0.05, 0) is 101 Å². The molecular weight excluding hydrogens is 731 g/mol. The third kappa shape index (κ3) is 17.9. The Balaban J connectivity index is 3.54. The second-order valence-electron chi connectivity index (χ2n) is 18.6. The van der Waals surface area contributed by atoms with Crippen molar-refractivity contribution in [2.75, 3.05) is 0 Å². The van der Waals surface area contributed by atoms with E-state index in [2.05, 4.69) is 118 Å². The molecule has 0 saturated heterocycles. The first-order valence-electron chi connectivity index (χ1n) is 21.1. The molecule has 0 spiro atoms. The maximum absolute atomic E-state index is 13.2. The minimum absolute atomic E-state index is 0.0380. The molecule has 0 aromatic heterocycles. The second-order valence-corrected chi connectivity index (χ2v) is 28.8. The van der Waals surface area contributed by atoms with Gasteiger partial charge in [0.2, 0.25) is 14.2 Å². The van der Waals surface area contributed by atoms with Crippen LogP contribution in [-0.4, -0.2) is 58.0 Å². The molecule has 1 rings (SSSR count). The summed E-state index contributed by atoms with van der Waals surface area (Å²) in [5, 5.41) is 14.6. The molecule has 318 valence electrons. The number of rotatable bonds is 12. The number of allylic oxidation sites excluding steroid dienone is 7. The molecule has 1 aliphatic rings. The number of nitrogens with one attached hydrogen (secondary N) is 1. The van der Waals surface area contributed by atoms with Crippen LogP contribution in [0, 0.1) is 5.92 Å². The summed E-state index contributed by atoms with van der Waals surface area (Å²) in [5.74, 6) is -0.608. The molecule has 0 bridgehead atoms. The van der Waals surface area contributed by atoms with Gasteiger partial charge in [-0.25, -0.2) is 4.79 Å². The highest BCUT2D eigenvalue weighted by Crippen LogP contribution is 2.44. The predicted molar refractivity (Wildman–Crippen MR) is 242 cm³/mol. The van der Waals surface area contributed by atoms with Gasteiger partial charge in [-0.15, -0.1) is 0 Å². The third-order valence-electron chi connectivity index (χ3n) is 11.3. The van der Waals surface area contributed by atoms with Crippen LogP contribution >= 0.6 is 0 Å². The first kappa shape index (κ1) is 51.5. The molecule has 7 nitrogen and oxygen atoms in total. The largest absolute Gasteiger partial charge is 0.458 e. The van der Waals surface area contributed by atoms with Crippen molar-refractivity contribution in [1.29, 1.82) is 0 Å². The first-order chi connectivity index (χ1) is 25.9. The first-order valence-corrected chi connectivity index (χ1v) is 26.2. The van der Waals surface area contributed by atoms with E-state index in [1.165, 1.54) is 0 Å². The van der Waals surface area contributed by atoms with Gasteiger partial charge in [0.05, 0.1) is 18.3 Å². The van der Waals surface area contributed by atoms with Crippen LogP contribution in [0.1, 0.15) is 135 Å². The number of carbonyl (C=O) groups excluding carboxylic acids is 2. The van der Waals surface area contributed by atoms with E-state index < -0.39 is 28.8 Å². The number of hydrogen-bond acceptors (Lipinski definition) is 6. The predicted octanol–water partition coefficient (Wildman–Crippen LogP) is 12.4. The topological polar surface area (TPSA) is 94.1 Å². The van der Waals surface area contributed by atoms with Gasteiger partial charge in [0.15, 0.2) is 8.32 Å². The number of hydrogen-bond donors (Lipinski definition) is 2. The van der Waals surface area contributed by atoms with Crippen molar-refractivity contribution in [3.05, 3.63) is 83.7 Å². The quantitative estimate of drug-likeness (QED) is 0.0670. The maximum atomic E-state index is 13.2. The van der Waals surface area contributed by atoms with E-state index >= 15 is 0 Å². The Morgan fingerprint density at radius 3 is 2.14 bits per heavy atom. The van der Waals surface area contributed by atoms with Crippen molar-refractivity contribution in [2.45, 2.75) is 195 Å². The minimum Gasteiger partial charge on any atom is -0.458 e. The molecule has 0 radical (unpaired) electrons. The Bertz CT molecular complexity index is 1420.